The Hall–Kier alpha value is -2.17. The Kier molecular flexibility index (Phi) is 8.00. The molecule has 0 N–H and O–H groups in total. The van der Waals surface area contributed by atoms with E-state index in [1.807, 2.05) is 6.08 Å². The van der Waals surface area contributed by atoms with E-state index in [4.69, 9.17) is 9.47 Å². The van der Waals surface area contributed by atoms with Crippen molar-refractivity contribution in [3.8, 4) is 0 Å². The normalized spacial score (nSPS) is 29.8. The molecule has 5 heteroatoms. The molecule has 160 valence electrons. The van der Waals surface area contributed by atoms with Crippen LogP contribution in [0.2, 0.25) is 0 Å². The SMILES string of the molecule is C=C1C[C@@H](OC(C)=O)[C@@H]([C@H](C)CCC=C(C)C)[C@H]2C(C=O)=CC[C@@H]1[C@H]2OC(C)=O. The summed E-state index contributed by atoms with van der Waals surface area (Å²) < 4.78 is 11.5. The van der Waals surface area contributed by atoms with Gasteiger partial charge in [-0.05, 0) is 44.6 Å². The van der Waals surface area contributed by atoms with Crippen LogP contribution >= 0.6 is 0 Å². The summed E-state index contributed by atoms with van der Waals surface area (Å²) in [5.74, 6) is -1.06. The zero-order chi connectivity index (χ0) is 21.7. The van der Waals surface area contributed by atoms with Crippen LogP contribution in [0.3, 0.4) is 0 Å². The summed E-state index contributed by atoms with van der Waals surface area (Å²) >= 11 is 0. The van der Waals surface area contributed by atoms with Crippen molar-refractivity contribution in [1.82, 2.24) is 0 Å². The van der Waals surface area contributed by atoms with E-state index in [1.165, 1.54) is 19.4 Å². The second-order valence-electron chi connectivity index (χ2n) is 8.69. The molecule has 0 heterocycles. The summed E-state index contributed by atoms with van der Waals surface area (Å²) in [6.45, 7) is 13.3. The maximum atomic E-state index is 11.9. The van der Waals surface area contributed by atoms with Gasteiger partial charge in [-0.15, -0.1) is 0 Å². The zero-order valence-electron chi connectivity index (χ0n) is 18.3. The van der Waals surface area contributed by atoms with Crippen LogP contribution in [0.4, 0.5) is 0 Å². The lowest BCUT2D eigenvalue weighted by molar-refractivity contribution is -0.159. The van der Waals surface area contributed by atoms with Crippen molar-refractivity contribution in [3.05, 3.63) is 35.5 Å². The molecule has 2 aliphatic carbocycles. The lowest BCUT2D eigenvalue weighted by Crippen LogP contribution is -2.45. The Morgan fingerprint density at radius 3 is 2.41 bits per heavy atom. The smallest absolute Gasteiger partial charge is 0.302 e. The minimum Gasteiger partial charge on any atom is -0.462 e. The number of hydrogen-bond acceptors (Lipinski definition) is 5. The number of allylic oxidation sites excluding steroid dienone is 3. The number of fused-ring (bicyclic) bond motifs is 2. The average molecular weight is 403 g/mol. The van der Waals surface area contributed by atoms with Crippen molar-refractivity contribution < 1.29 is 23.9 Å². The first kappa shape index (κ1) is 23.1. The summed E-state index contributed by atoms with van der Waals surface area (Å²) in [5.41, 5.74) is 2.80. The fourth-order valence-corrected chi connectivity index (χ4v) is 4.95. The van der Waals surface area contributed by atoms with Crippen LogP contribution in [0.5, 0.6) is 0 Å². The van der Waals surface area contributed by atoms with Crippen LogP contribution in [-0.2, 0) is 23.9 Å². The Labute approximate surface area is 174 Å². The average Bonchev–Trinajstić information content (AvgIpc) is 2.67. The summed E-state index contributed by atoms with van der Waals surface area (Å²) in [6, 6.07) is 0. The molecule has 0 radical (unpaired) electrons. The standard InChI is InChI=1S/C24H34O5/c1-14(2)8-7-9-15(3)22-21(28-17(5)26)12-16(4)20-11-10-19(13-25)23(22)24(20)29-18(6)27/h8,10,13,15,20-24H,4,7,9,11-12H2,1-3,5-6H3/t15-,20+,21-,22-,23-,24-/m1/s1. The quantitative estimate of drug-likeness (QED) is 0.354. The van der Waals surface area contributed by atoms with E-state index in [0.29, 0.717) is 18.4 Å². The van der Waals surface area contributed by atoms with Gasteiger partial charge in [0.2, 0.25) is 0 Å². The molecule has 2 bridgehead atoms. The molecule has 0 unspecified atom stereocenters. The van der Waals surface area contributed by atoms with Crippen molar-refractivity contribution in [2.45, 2.75) is 72.5 Å². The van der Waals surface area contributed by atoms with Crippen LogP contribution in [0.1, 0.15) is 60.3 Å². The molecule has 0 saturated heterocycles. The van der Waals surface area contributed by atoms with E-state index in [0.717, 1.165) is 24.7 Å². The van der Waals surface area contributed by atoms with Crippen LogP contribution in [0, 0.1) is 23.7 Å². The van der Waals surface area contributed by atoms with Gasteiger partial charge in [0.15, 0.2) is 0 Å². The molecule has 0 aromatic heterocycles. The predicted octanol–water partition coefficient (Wildman–Crippen LogP) is 4.57. The number of carbonyl (C=O) groups excluding carboxylic acids is 3. The van der Waals surface area contributed by atoms with Gasteiger partial charge in [0.25, 0.3) is 0 Å². The van der Waals surface area contributed by atoms with Crippen LogP contribution in [0.25, 0.3) is 0 Å². The number of esters is 2. The first-order valence-corrected chi connectivity index (χ1v) is 10.5. The Balaban J connectivity index is 2.50. The number of rotatable bonds is 7. The van der Waals surface area contributed by atoms with Crippen LogP contribution in [-0.4, -0.2) is 30.4 Å². The third-order valence-corrected chi connectivity index (χ3v) is 6.16. The predicted molar refractivity (Wildman–Crippen MR) is 112 cm³/mol. The van der Waals surface area contributed by atoms with Gasteiger partial charge in [-0.1, -0.05) is 36.8 Å². The minimum atomic E-state index is -0.457. The monoisotopic (exact) mass is 402 g/mol. The number of aldehydes is 1. The minimum absolute atomic E-state index is 0.0689. The molecule has 6 atom stereocenters. The summed E-state index contributed by atoms with van der Waals surface area (Å²) in [5, 5.41) is 0. The second kappa shape index (κ2) is 10.0. The summed E-state index contributed by atoms with van der Waals surface area (Å²) in [6.07, 6.45) is 7.08. The highest BCUT2D eigenvalue weighted by Crippen LogP contribution is 2.49. The molecule has 1 fully saturated rings. The van der Waals surface area contributed by atoms with Crippen LogP contribution in [0.15, 0.2) is 35.5 Å². The lowest BCUT2D eigenvalue weighted by Gasteiger charge is -2.41. The highest BCUT2D eigenvalue weighted by molar-refractivity contribution is 5.75. The third-order valence-electron chi connectivity index (χ3n) is 6.16. The molecule has 0 aromatic carbocycles. The first-order valence-electron chi connectivity index (χ1n) is 10.5. The summed E-state index contributed by atoms with van der Waals surface area (Å²) in [4.78, 5) is 35.7. The molecule has 5 nitrogen and oxygen atoms in total. The number of carbonyl (C=O) groups is 3. The van der Waals surface area contributed by atoms with E-state index in [9.17, 15) is 14.4 Å². The van der Waals surface area contributed by atoms with Crippen molar-refractivity contribution in [2.75, 3.05) is 0 Å². The Bertz CT molecular complexity index is 713. The van der Waals surface area contributed by atoms with Crippen molar-refractivity contribution >= 4 is 18.2 Å². The van der Waals surface area contributed by atoms with Crippen LogP contribution < -0.4 is 0 Å². The Morgan fingerprint density at radius 1 is 1.21 bits per heavy atom. The zero-order valence-corrected chi connectivity index (χ0v) is 18.3. The van der Waals surface area contributed by atoms with E-state index in [1.54, 1.807) is 0 Å². The van der Waals surface area contributed by atoms with Gasteiger partial charge in [-0.25, -0.2) is 0 Å². The van der Waals surface area contributed by atoms with E-state index in [2.05, 4.69) is 33.4 Å². The van der Waals surface area contributed by atoms with Gasteiger partial charge in [0, 0.05) is 38.0 Å². The maximum Gasteiger partial charge on any atom is 0.302 e. The first-order chi connectivity index (χ1) is 13.6. The molecule has 0 spiro atoms. The van der Waals surface area contributed by atoms with Gasteiger partial charge in [-0.2, -0.15) is 0 Å². The van der Waals surface area contributed by atoms with Crippen molar-refractivity contribution in [1.29, 1.82) is 0 Å². The van der Waals surface area contributed by atoms with E-state index >= 15 is 0 Å². The van der Waals surface area contributed by atoms with Crippen molar-refractivity contribution in [2.24, 2.45) is 23.7 Å². The molecule has 0 amide bonds. The molecular weight excluding hydrogens is 368 g/mol. The number of ether oxygens (including phenoxy) is 2. The molecule has 0 aliphatic heterocycles. The highest BCUT2D eigenvalue weighted by Gasteiger charge is 2.50. The Morgan fingerprint density at radius 2 is 1.86 bits per heavy atom. The largest absolute Gasteiger partial charge is 0.462 e. The maximum absolute atomic E-state index is 11.9. The molecule has 29 heavy (non-hydrogen) atoms. The highest BCUT2D eigenvalue weighted by atomic mass is 16.6. The van der Waals surface area contributed by atoms with Gasteiger partial charge in [-0.3, -0.25) is 14.4 Å². The second-order valence-corrected chi connectivity index (χ2v) is 8.69. The topological polar surface area (TPSA) is 69.7 Å². The van der Waals surface area contributed by atoms with Gasteiger partial charge >= 0.3 is 11.9 Å². The van der Waals surface area contributed by atoms with Gasteiger partial charge < -0.3 is 9.47 Å². The van der Waals surface area contributed by atoms with Gasteiger partial charge in [0.1, 0.15) is 18.5 Å². The van der Waals surface area contributed by atoms with Gasteiger partial charge in [0.05, 0.1) is 0 Å². The molecule has 1 saturated carbocycles. The molecular formula is C24H34O5. The van der Waals surface area contributed by atoms with E-state index < -0.39 is 12.2 Å². The van der Waals surface area contributed by atoms with E-state index in [-0.39, 0.29) is 35.6 Å². The fraction of sp³-hybridized carbons (Fsp3) is 0.625. The molecule has 0 aromatic rings. The number of hydrogen-bond donors (Lipinski definition) is 0. The molecule has 2 aliphatic rings. The summed E-state index contributed by atoms with van der Waals surface area (Å²) in [7, 11) is 0. The fourth-order valence-electron chi connectivity index (χ4n) is 4.95. The third kappa shape index (κ3) is 5.68. The lowest BCUT2D eigenvalue weighted by atomic mass is 9.68. The van der Waals surface area contributed by atoms with Crippen molar-refractivity contribution in [3.63, 3.8) is 0 Å². The molecule has 2 rings (SSSR count).